The van der Waals surface area contributed by atoms with Crippen LogP contribution in [0.25, 0.3) is 0 Å². The Hall–Kier alpha value is -2.70. The van der Waals surface area contributed by atoms with Crippen LogP contribution in [0.4, 0.5) is 5.69 Å². The van der Waals surface area contributed by atoms with Gasteiger partial charge < -0.3 is 15.0 Å². The molecule has 1 N–H and O–H groups in total. The predicted molar refractivity (Wildman–Crippen MR) is 105 cm³/mol. The van der Waals surface area contributed by atoms with Gasteiger partial charge in [-0.25, -0.2) is 4.79 Å². The number of anilines is 1. The van der Waals surface area contributed by atoms with Crippen LogP contribution in [0.1, 0.15) is 26.3 Å². The van der Waals surface area contributed by atoms with Crippen LogP contribution in [0.5, 0.6) is 0 Å². The summed E-state index contributed by atoms with van der Waals surface area (Å²) >= 11 is 0. The van der Waals surface area contributed by atoms with Gasteiger partial charge >= 0.3 is 5.97 Å². The highest BCUT2D eigenvalue weighted by Gasteiger charge is 2.14. The van der Waals surface area contributed by atoms with E-state index in [2.05, 4.69) is 33.0 Å². The number of piperazine rings is 1. The average molecular weight is 367 g/mol. The maximum atomic E-state index is 12.5. The minimum absolute atomic E-state index is 0.205. The molecule has 0 atom stereocenters. The van der Waals surface area contributed by atoms with E-state index in [1.165, 1.54) is 12.7 Å². The number of hydrogen-bond donors (Lipinski definition) is 1. The minimum Gasteiger partial charge on any atom is -0.465 e. The molecule has 1 aliphatic heterocycles. The lowest BCUT2D eigenvalue weighted by Crippen LogP contribution is -2.43. The first kappa shape index (κ1) is 19.1. The zero-order valence-corrected chi connectivity index (χ0v) is 15.8. The largest absolute Gasteiger partial charge is 0.465 e. The van der Waals surface area contributed by atoms with E-state index in [0.29, 0.717) is 11.1 Å². The Morgan fingerprint density at radius 2 is 1.67 bits per heavy atom. The Morgan fingerprint density at radius 3 is 2.33 bits per heavy atom. The first-order valence-electron chi connectivity index (χ1n) is 9.05. The molecule has 1 aliphatic rings. The Kier molecular flexibility index (Phi) is 6.21. The Bertz CT molecular complexity index is 797. The average Bonchev–Trinajstić information content (AvgIpc) is 2.69. The van der Waals surface area contributed by atoms with Crippen molar-refractivity contribution >= 4 is 17.6 Å². The van der Waals surface area contributed by atoms with Crippen LogP contribution in [0.2, 0.25) is 0 Å². The lowest BCUT2D eigenvalue weighted by molar-refractivity contribution is 0.0600. The quantitative estimate of drug-likeness (QED) is 0.823. The van der Waals surface area contributed by atoms with Crippen molar-refractivity contribution in [2.45, 2.75) is 6.54 Å². The van der Waals surface area contributed by atoms with Crippen molar-refractivity contribution in [2.75, 3.05) is 45.7 Å². The van der Waals surface area contributed by atoms with Crippen LogP contribution in [0, 0.1) is 0 Å². The maximum absolute atomic E-state index is 12.5. The summed E-state index contributed by atoms with van der Waals surface area (Å²) in [7, 11) is 3.48. The number of esters is 1. The molecule has 2 aromatic carbocycles. The highest BCUT2D eigenvalue weighted by molar-refractivity contribution is 6.04. The summed E-state index contributed by atoms with van der Waals surface area (Å²) in [6.07, 6.45) is 0. The second-order valence-corrected chi connectivity index (χ2v) is 6.80. The van der Waals surface area contributed by atoms with Crippen molar-refractivity contribution < 1.29 is 14.3 Å². The molecular weight excluding hydrogens is 342 g/mol. The molecule has 1 fully saturated rings. The molecule has 0 unspecified atom stereocenters. The van der Waals surface area contributed by atoms with Crippen LogP contribution in [-0.4, -0.2) is 62.0 Å². The summed E-state index contributed by atoms with van der Waals surface area (Å²) in [5.41, 5.74) is 2.86. The second-order valence-electron chi connectivity index (χ2n) is 6.80. The summed E-state index contributed by atoms with van der Waals surface area (Å²) in [5, 5.41) is 2.92. The molecule has 2 aromatic rings. The molecule has 1 amide bonds. The molecule has 6 nitrogen and oxygen atoms in total. The van der Waals surface area contributed by atoms with Gasteiger partial charge in [-0.05, 0) is 49.0 Å². The molecule has 6 heteroatoms. The number of nitrogens with one attached hydrogen (secondary N) is 1. The Morgan fingerprint density at radius 1 is 1.00 bits per heavy atom. The number of benzene rings is 2. The van der Waals surface area contributed by atoms with Gasteiger partial charge in [0.25, 0.3) is 5.91 Å². The van der Waals surface area contributed by atoms with E-state index in [1.807, 2.05) is 18.2 Å². The molecule has 0 radical (unpaired) electrons. The van der Waals surface area contributed by atoms with Gasteiger partial charge in [0.15, 0.2) is 0 Å². The Labute approximate surface area is 159 Å². The molecular formula is C21H25N3O3. The zero-order valence-electron chi connectivity index (χ0n) is 15.8. The molecule has 1 heterocycles. The van der Waals surface area contributed by atoms with E-state index in [0.717, 1.165) is 38.4 Å². The van der Waals surface area contributed by atoms with Gasteiger partial charge in [-0.3, -0.25) is 9.69 Å². The van der Waals surface area contributed by atoms with Crippen LogP contribution in [-0.2, 0) is 11.3 Å². The van der Waals surface area contributed by atoms with Gasteiger partial charge in [0, 0.05) is 44.0 Å². The standard InChI is InChI=1S/C21H25N3O3/c1-23-10-12-24(13-11-23)15-16-4-3-5-19(14-16)22-20(25)17-6-8-18(9-7-17)21(26)27-2/h3-9,14H,10-13,15H2,1-2H3,(H,22,25). The third-order valence-corrected chi connectivity index (χ3v) is 4.76. The summed E-state index contributed by atoms with van der Waals surface area (Å²) in [6, 6.07) is 14.4. The van der Waals surface area contributed by atoms with Gasteiger partial charge in [0.1, 0.15) is 0 Å². The number of amides is 1. The summed E-state index contributed by atoms with van der Waals surface area (Å²) < 4.78 is 4.67. The lowest BCUT2D eigenvalue weighted by Gasteiger charge is -2.32. The number of hydrogen-bond acceptors (Lipinski definition) is 5. The van der Waals surface area contributed by atoms with E-state index >= 15 is 0 Å². The van der Waals surface area contributed by atoms with Crippen molar-refractivity contribution in [3.05, 3.63) is 65.2 Å². The molecule has 3 rings (SSSR count). The SMILES string of the molecule is COC(=O)c1ccc(C(=O)Nc2cccc(CN3CCN(C)CC3)c2)cc1. The number of ether oxygens (including phenoxy) is 1. The van der Waals surface area contributed by atoms with Gasteiger partial charge in [0.05, 0.1) is 12.7 Å². The van der Waals surface area contributed by atoms with Crippen molar-refractivity contribution in [3.63, 3.8) is 0 Å². The van der Waals surface area contributed by atoms with E-state index < -0.39 is 5.97 Å². The first-order valence-corrected chi connectivity index (χ1v) is 9.05. The number of likely N-dealkylation sites (N-methyl/N-ethyl adjacent to an activating group) is 1. The molecule has 27 heavy (non-hydrogen) atoms. The zero-order chi connectivity index (χ0) is 19.2. The molecule has 142 valence electrons. The number of rotatable bonds is 5. The topological polar surface area (TPSA) is 61.9 Å². The predicted octanol–water partition coefficient (Wildman–Crippen LogP) is 2.47. The van der Waals surface area contributed by atoms with Crippen LogP contribution >= 0.6 is 0 Å². The number of carbonyl (C=O) groups excluding carboxylic acids is 2. The lowest BCUT2D eigenvalue weighted by atomic mass is 10.1. The smallest absolute Gasteiger partial charge is 0.337 e. The number of nitrogens with zero attached hydrogens (tertiary/aromatic N) is 2. The number of carbonyl (C=O) groups is 2. The van der Waals surface area contributed by atoms with Gasteiger partial charge in [-0.15, -0.1) is 0 Å². The second kappa shape index (κ2) is 8.79. The van der Waals surface area contributed by atoms with E-state index in [4.69, 9.17) is 0 Å². The monoisotopic (exact) mass is 367 g/mol. The van der Waals surface area contributed by atoms with Crippen LogP contribution < -0.4 is 5.32 Å². The fourth-order valence-corrected chi connectivity index (χ4v) is 3.09. The maximum Gasteiger partial charge on any atom is 0.337 e. The molecule has 0 aliphatic carbocycles. The van der Waals surface area contributed by atoms with E-state index in [1.54, 1.807) is 24.3 Å². The molecule has 1 saturated heterocycles. The fourth-order valence-electron chi connectivity index (χ4n) is 3.09. The molecule has 0 saturated carbocycles. The molecule has 0 bridgehead atoms. The number of methoxy groups -OCH3 is 1. The van der Waals surface area contributed by atoms with Gasteiger partial charge in [0.2, 0.25) is 0 Å². The van der Waals surface area contributed by atoms with Crippen molar-refractivity contribution in [2.24, 2.45) is 0 Å². The third-order valence-electron chi connectivity index (χ3n) is 4.76. The highest BCUT2D eigenvalue weighted by atomic mass is 16.5. The third kappa shape index (κ3) is 5.15. The summed E-state index contributed by atoms with van der Waals surface area (Å²) in [6.45, 7) is 5.15. The molecule has 0 spiro atoms. The summed E-state index contributed by atoms with van der Waals surface area (Å²) in [4.78, 5) is 28.7. The van der Waals surface area contributed by atoms with E-state index in [9.17, 15) is 9.59 Å². The minimum atomic E-state index is -0.418. The van der Waals surface area contributed by atoms with Gasteiger partial charge in [-0.1, -0.05) is 12.1 Å². The fraction of sp³-hybridized carbons (Fsp3) is 0.333. The first-order chi connectivity index (χ1) is 13.0. The van der Waals surface area contributed by atoms with E-state index in [-0.39, 0.29) is 5.91 Å². The molecule has 0 aromatic heterocycles. The van der Waals surface area contributed by atoms with Crippen LogP contribution in [0.15, 0.2) is 48.5 Å². The van der Waals surface area contributed by atoms with Crippen molar-refractivity contribution in [3.8, 4) is 0 Å². The Balaban J connectivity index is 1.61. The van der Waals surface area contributed by atoms with Crippen molar-refractivity contribution in [1.82, 2.24) is 9.80 Å². The highest BCUT2D eigenvalue weighted by Crippen LogP contribution is 2.15. The van der Waals surface area contributed by atoms with Crippen LogP contribution in [0.3, 0.4) is 0 Å². The summed E-state index contributed by atoms with van der Waals surface area (Å²) in [5.74, 6) is -0.623. The van der Waals surface area contributed by atoms with Crippen molar-refractivity contribution in [1.29, 1.82) is 0 Å². The van der Waals surface area contributed by atoms with Gasteiger partial charge in [-0.2, -0.15) is 0 Å². The normalized spacial score (nSPS) is 15.3.